The van der Waals surface area contributed by atoms with Crippen LogP contribution in [0.3, 0.4) is 0 Å². The maximum absolute atomic E-state index is 13.3. The van der Waals surface area contributed by atoms with Crippen molar-refractivity contribution in [1.82, 2.24) is 10.2 Å². The normalized spacial score (nSPS) is 24.4. The summed E-state index contributed by atoms with van der Waals surface area (Å²) in [5.74, 6) is -0.382. The molecule has 7 heteroatoms. The Morgan fingerprint density at radius 3 is 2.31 bits per heavy atom. The molecule has 2 N–H and O–H groups in total. The molecule has 2 aromatic rings. The minimum Gasteiger partial charge on any atom is -0.399 e. The van der Waals surface area contributed by atoms with Crippen molar-refractivity contribution in [2.45, 2.75) is 50.3 Å². The maximum Gasteiger partial charge on any atom is 0.254 e. The zero-order chi connectivity index (χ0) is 22.5. The fourth-order valence-corrected chi connectivity index (χ4v) is 4.47. The monoisotopic (exact) mass is 435 g/mol. The van der Waals surface area contributed by atoms with Crippen molar-refractivity contribution in [1.29, 1.82) is 0 Å². The van der Waals surface area contributed by atoms with E-state index in [2.05, 4.69) is 10.5 Å². The second-order valence-corrected chi connectivity index (χ2v) is 8.45. The van der Waals surface area contributed by atoms with E-state index in [1.165, 1.54) is 7.11 Å². The lowest BCUT2D eigenvalue weighted by molar-refractivity contribution is -0.125. The van der Waals surface area contributed by atoms with Gasteiger partial charge < -0.3 is 20.2 Å². The van der Waals surface area contributed by atoms with Gasteiger partial charge in [0.15, 0.2) is 0 Å². The van der Waals surface area contributed by atoms with Crippen LogP contribution >= 0.6 is 0 Å². The van der Waals surface area contributed by atoms with Crippen LogP contribution in [0.1, 0.15) is 42.5 Å². The minimum atomic E-state index is -0.628. The van der Waals surface area contributed by atoms with E-state index in [9.17, 15) is 14.7 Å². The number of nitrogens with one attached hydrogen (secondary N) is 1. The highest BCUT2D eigenvalue weighted by molar-refractivity contribution is 6.05. The van der Waals surface area contributed by atoms with Crippen LogP contribution in [-0.2, 0) is 9.63 Å². The molecule has 1 saturated heterocycles. The Labute approximate surface area is 188 Å². The average Bonchev–Trinajstić information content (AvgIpc) is 3.25. The summed E-state index contributed by atoms with van der Waals surface area (Å²) >= 11 is 0. The van der Waals surface area contributed by atoms with Crippen molar-refractivity contribution in [3.63, 3.8) is 0 Å². The lowest BCUT2D eigenvalue weighted by atomic mass is 9.93. The first-order chi connectivity index (χ1) is 15.5. The number of nitrogens with zero attached hydrogens (tertiary/aromatic N) is 2. The van der Waals surface area contributed by atoms with Gasteiger partial charge in [-0.3, -0.25) is 9.59 Å². The number of carbonyl (C=O) groups excluding carboxylic acids is 2. The van der Waals surface area contributed by atoms with Gasteiger partial charge in [-0.1, -0.05) is 47.6 Å². The van der Waals surface area contributed by atoms with E-state index in [0.29, 0.717) is 30.5 Å². The van der Waals surface area contributed by atoms with Gasteiger partial charge in [-0.2, -0.15) is 0 Å². The molecule has 2 amide bonds. The number of carbonyl (C=O) groups is 2. The Morgan fingerprint density at radius 2 is 1.66 bits per heavy atom. The lowest BCUT2D eigenvalue weighted by Crippen LogP contribution is -2.49. The molecule has 1 aliphatic heterocycles. The van der Waals surface area contributed by atoms with Crippen molar-refractivity contribution in [3.05, 3.63) is 60.2 Å². The van der Waals surface area contributed by atoms with E-state index >= 15 is 0 Å². The van der Waals surface area contributed by atoms with Crippen molar-refractivity contribution in [3.8, 4) is 11.1 Å². The second kappa shape index (κ2) is 9.96. The molecule has 0 spiro atoms. The van der Waals surface area contributed by atoms with Crippen molar-refractivity contribution < 1.29 is 19.5 Å². The topological polar surface area (TPSA) is 91.2 Å². The van der Waals surface area contributed by atoms with Gasteiger partial charge in [0, 0.05) is 18.0 Å². The Balaban J connectivity index is 1.49. The third-order valence-corrected chi connectivity index (χ3v) is 6.22. The van der Waals surface area contributed by atoms with E-state index in [1.807, 2.05) is 42.5 Å². The molecule has 32 heavy (non-hydrogen) atoms. The van der Waals surface area contributed by atoms with Crippen LogP contribution in [-0.4, -0.2) is 59.4 Å². The van der Waals surface area contributed by atoms with Gasteiger partial charge in [-0.05, 0) is 48.9 Å². The van der Waals surface area contributed by atoms with Crippen LogP contribution in [0, 0.1) is 0 Å². The largest absolute Gasteiger partial charge is 0.399 e. The number of aliphatic hydroxyl groups is 1. The summed E-state index contributed by atoms with van der Waals surface area (Å²) < 4.78 is 0. The number of benzene rings is 2. The number of likely N-dealkylation sites (tertiary alicyclic amines) is 1. The fraction of sp³-hybridized carbons (Fsp3) is 0.400. The van der Waals surface area contributed by atoms with E-state index < -0.39 is 6.04 Å². The quantitative estimate of drug-likeness (QED) is 0.707. The Bertz CT molecular complexity index is 966. The Hall–Kier alpha value is -3.19. The molecule has 2 fully saturated rings. The predicted molar refractivity (Wildman–Crippen MR) is 122 cm³/mol. The smallest absolute Gasteiger partial charge is 0.254 e. The summed E-state index contributed by atoms with van der Waals surface area (Å²) in [6.07, 6.45) is 2.92. The van der Waals surface area contributed by atoms with Gasteiger partial charge in [0.1, 0.15) is 13.2 Å². The fourth-order valence-electron chi connectivity index (χ4n) is 4.47. The summed E-state index contributed by atoms with van der Waals surface area (Å²) in [5.41, 5.74) is 3.30. The van der Waals surface area contributed by atoms with Crippen molar-refractivity contribution in [2.75, 3.05) is 13.7 Å². The number of amides is 2. The maximum atomic E-state index is 13.3. The van der Waals surface area contributed by atoms with E-state index in [-0.39, 0.29) is 30.5 Å². The van der Waals surface area contributed by atoms with E-state index in [1.54, 1.807) is 17.0 Å². The summed E-state index contributed by atoms with van der Waals surface area (Å²) in [4.78, 5) is 32.9. The molecule has 2 aromatic carbocycles. The predicted octanol–water partition coefficient (Wildman–Crippen LogP) is 2.99. The Morgan fingerprint density at radius 1 is 1.00 bits per heavy atom. The van der Waals surface area contributed by atoms with Crippen molar-refractivity contribution >= 4 is 17.5 Å². The second-order valence-electron chi connectivity index (χ2n) is 8.45. The van der Waals surface area contributed by atoms with E-state index in [4.69, 9.17) is 4.84 Å². The zero-order valence-corrected chi connectivity index (χ0v) is 18.2. The van der Waals surface area contributed by atoms with Crippen molar-refractivity contribution in [2.24, 2.45) is 5.16 Å². The first-order valence-corrected chi connectivity index (χ1v) is 11.1. The minimum absolute atomic E-state index is 0.0245. The summed E-state index contributed by atoms with van der Waals surface area (Å²) in [6.45, 7) is 0.259. The molecule has 1 aliphatic carbocycles. The van der Waals surface area contributed by atoms with E-state index in [0.717, 1.165) is 24.0 Å². The SMILES string of the molecule is CO/N=C1\CC(C(=O)NC2CCC(O)CC2)N(C(=O)c2ccc(-c3ccccc3)cc2)C1. The van der Waals surface area contributed by atoms with Crippen LogP contribution < -0.4 is 5.32 Å². The third-order valence-electron chi connectivity index (χ3n) is 6.22. The molecule has 2 aliphatic rings. The molecule has 1 atom stereocenters. The zero-order valence-electron chi connectivity index (χ0n) is 18.2. The highest BCUT2D eigenvalue weighted by Gasteiger charge is 2.39. The highest BCUT2D eigenvalue weighted by atomic mass is 16.6. The Kier molecular flexibility index (Phi) is 6.85. The standard InChI is InChI=1S/C25H29N3O4/c1-32-27-21-15-23(24(30)26-20-11-13-22(29)14-12-20)28(16-21)25(31)19-9-7-18(8-10-19)17-5-3-2-4-6-17/h2-10,20,22-23,29H,11-16H2,1H3,(H,26,30)/b27-21+. The van der Waals surface area contributed by atoms with Crippen LogP contribution in [0.2, 0.25) is 0 Å². The van der Waals surface area contributed by atoms with Gasteiger partial charge in [0.2, 0.25) is 5.91 Å². The van der Waals surface area contributed by atoms with Gasteiger partial charge in [0.05, 0.1) is 18.4 Å². The number of oxime groups is 1. The third kappa shape index (κ3) is 4.99. The van der Waals surface area contributed by atoms with Crippen LogP contribution in [0.25, 0.3) is 11.1 Å². The first-order valence-electron chi connectivity index (χ1n) is 11.1. The molecule has 0 bridgehead atoms. The molecule has 1 unspecified atom stereocenters. The van der Waals surface area contributed by atoms with Gasteiger partial charge in [-0.15, -0.1) is 0 Å². The number of hydrogen-bond acceptors (Lipinski definition) is 5. The first kappa shape index (κ1) is 22.0. The summed E-state index contributed by atoms with van der Waals surface area (Å²) in [5, 5.41) is 16.8. The van der Waals surface area contributed by atoms with Crippen LogP contribution in [0.4, 0.5) is 0 Å². The van der Waals surface area contributed by atoms with Crippen LogP contribution in [0.15, 0.2) is 59.8 Å². The molecule has 0 aromatic heterocycles. The molecular weight excluding hydrogens is 406 g/mol. The van der Waals surface area contributed by atoms with Crippen LogP contribution in [0.5, 0.6) is 0 Å². The molecule has 0 radical (unpaired) electrons. The number of hydrogen-bond donors (Lipinski definition) is 2. The summed E-state index contributed by atoms with van der Waals surface area (Å²) in [6, 6.07) is 16.8. The average molecular weight is 436 g/mol. The number of aliphatic hydroxyl groups excluding tert-OH is 1. The lowest BCUT2D eigenvalue weighted by Gasteiger charge is -2.29. The molecule has 1 heterocycles. The molecular formula is C25H29N3O4. The molecule has 168 valence electrons. The van der Waals surface area contributed by atoms with Gasteiger partial charge >= 0.3 is 0 Å². The van der Waals surface area contributed by atoms with Gasteiger partial charge in [0.25, 0.3) is 5.91 Å². The molecule has 4 rings (SSSR count). The highest BCUT2D eigenvalue weighted by Crippen LogP contribution is 2.24. The van der Waals surface area contributed by atoms with Gasteiger partial charge in [-0.25, -0.2) is 0 Å². The summed E-state index contributed by atoms with van der Waals surface area (Å²) in [7, 11) is 1.46. The molecule has 7 nitrogen and oxygen atoms in total. The molecule has 1 saturated carbocycles. The number of rotatable bonds is 5.